The van der Waals surface area contributed by atoms with E-state index < -0.39 is 38.9 Å². The number of rotatable bonds is 5. The number of thioether (sulfide) groups is 1. The molecule has 2 rings (SSSR count). The van der Waals surface area contributed by atoms with Crippen LogP contribution in [0.2, 0.25) is 0 Å². The summed E-state index contributed by atoms with van der Waals surface area (Å²) >= 11 is 0.926. The number of carbonyl (C=O) groups excluding carboxylic acids is 1. The van der Waals surface area contributed by atoms with Crippen molar-refractivity contribution in [1.82, 2.24) is 5.32 Å². The molecule has 1 aromatic carbocycles. The maximum absolute atomic E-state index is 11.6. The molecule has 1 amide bonds. The maximum atomic E-state index is 11.6. The van der Waals surface area contributed by atoms with Gasteiger partial charge in [-0.1, -0.05) is 32.5 Å². The van der Waals surface area contributed by atoms with Crippen molar-refractivity contribution in [3.05, 3.63) is 33.4 Å². The van der Waals surface area contributed by atoms with Gasteiger partial charge >= 0.3 is 11.7 Å². The number of aromatic hydroxyl groups is 1. The number of aliphatic carboxylic acids is 1. The Balaban J connectivity index is 2.29. The van der Waals surface area contributed by atoms with Crippen molar-refractivity contribution in [3.8, 4) is 5.75 Å². The van der Waals surface area contributed by atoms with E-state index in [4.69, 9.17) is 5.11 Å². The minimum absolute atomic E-state index is 0.106. The number of nitrogens with zero attached hydrogens (tertiary/aromatic N) is 3. The highest BCUT2D eigenvalue weighted by Gasteiger charge is 2.32. The first kappa shape index (κ1) is 20.4. The minimum Gasteiger partial charge on any atom is -0.502 e. The van der Waals surface area contributed by atoms with Crippen LogP contribution in [0.3, 0.4) is 0 Å². The summed E-state index contributed by atoms with van der Waals surface area (Å²) in [5.41, 5.74) is -0.102. The second-order valence-corrected chi connectivity index (χ2v) is 7.98. The maximum Gasteiger partial charge on any atom is 0.311 e. The number of carboxylic acids is 1. The van der Waals surface area contributed by atoms with Gasteiger partial charge in [-0.05, 0) is 17.0 Å². The molecule has 3 N–H and O–H groups in total. The van der Waals surface area contributed by atoms with Gasteiger partial charge in [-0.2, -0.15) is 5.10 Å². The summed E-state index contributed by atoms with van der Waals surface area (Å²) in [6, 6.07) is 2.88. The number of amides is 1. The Morgan fingerprint density at radius 2 is 2.11 bits per heavy atom. The molecule has 0 aromatic heterocycles. The van der Waals surface area contributed by atoms with Crippen LogP contribution in [0.25, 0.3) is 0 Å². The number of nitro groups is 1. The van der Waals surface area contributed by atoms with Crippen LogP contribution in [-0.4, -0.2) is 43.6 Å². The lowest BCUT2D eigenvalue weighted by atomic mass is 9.85. The number of hydrogen-bond acceptors (Lipinski definition) is 8. The normalized spacial score (nSPS) is 18.9. The van der Waals surface area contributed by atoms with E-state index in [2.05, 4.69) is 15.5 Å². The lowest BCUT2D eigenvalue weighted by Crippen LogP contribution is -2.26. The fraction of sp³-hybridized carbons (Fsp3) is 0.375. The van der Waals surface area contributed by atoms with Crippen molar-refractivity contribution >= 4 is 40.7 Å². The fourth-order valence-corrected chi connectivity index (χ4v) is 3.12. The molecule has 144 valence electrons. The van der Waals surface area contributed by atoms with E-state index in [9.17, 15) is 24.8 Å². The first-order valence-corrected chi connectivity index (χ1v) is 8.69. The van der Waals surface area contributed by atoms with Gasteiger partial charge in [0.2, 0.25) is 11.7 Å². The third-order valence-electron chi connectivity index (χ3n) is 3.66. The summed E-state index contributed by atoms with van der Waals surface area (Å²) in [6.45, 7) is 5.62. The smallest absolute Gasteiger partial charge is 0.311 e. The predicted octanol–water partition coefficient (Wildman–Crippen LogP) is 1.99. The number of nitro benzene ring substituents is 1. The van der Waals surface area contributed by atoms with Crippen molar-refractivity contribution in [2.75, 3.05) is 0 Å². The molecule has 1 unspecified atom stereocenters. The SMILES string of the molecule is CC(C)(C)c1cc(C=NN=C2NC(=O)C(CC(=O)O)S2)c(O)c([N+](=O)[O-])c1. The first-order chi connectivity index (χ1) is 12.5. The molecule has 1 saturated heterocycles. The number of nitrogens with one attached hydrogen (secondary N) is 1. The summed E-state index contributed by atoms with van der Waals surface area (Å²) < 4.78 is 0. The zero-order valence-corrected chi connectivity index (χ0v) is 15.6. The Labute approximate surface area is 158 Å². The van der Waals surface area contributed by atoms with Gasteiger partial charge in [0.1, 0.15) is 5.25 Å². The van der Waals surface area contributed by atoms with Gasteiger partial charge in [0.15, 0.2) is 5.17 Å². The average Bonchev–Trinajstić information content (AvgIpc) is 2.86. The topological polar surface area (TPSA) is 154 Å². The van der Waals surface area contributed by atoms with E-state index in [1.807, 2.05) is 20.8 Å². The number of carboxylic acid groups (broad SMARTS) is 1. The molecule has 1 aliphatic rings. The molecule has 10 nitrogen and oxygen atoms in total. The molecular formula is C16H18N4O6S. The molecule has 0 saturated carbocycles. The Bertz CT molecular complexity index is 859. The molecule has 1 fully saturated rings. The van der Waals surface area contributed by atoms with E-state index in [-0.39, 0.29) is 17.2 Å². The second-order valence-electron chi connectivity index (χ2n) is 6.78. The third kappa shape index (κ3) is 5.03. The summed E-state index contributed by atoms with van der Waals surface area (Å²) in [7, 11) is 0. The molecule has 0 radical (unpaired) electrons. The van der Waals surface area contributed by atoms with E-state index >= 15 is 0 Å². The summed E-state index contributed by atoms with van der Waals surface area (Å²) in [4.78, 5) is 32.8. The van der Waals surface area contributed by atoms with Crippen LogP contribution >= 0.6 is 11.8 Å². The van der Waals surface area contributed by atoms with Gasteiger partial charge in [-0.3, -0.25) is 19.7 Å². The molecule has 1 heterocycles. The average molecular weight is 394 g/mol. The molecule has 27 heavy (non-hydrogen) atoms. The Hall–Kier alpha value is -2.95. The zero-order valence-electron chi connectivity index (χ0n) is 14.8. The predicted molar refractivity (Wildman–Crippen MR) is 100 cm³/mol. The number of amidine groups is 1. The molecule has 1 aromatic rings. The van der Waals surface area contributed by atoms with Crippen LogP contribution in [0.5, 0.6) is 5.75 Å². The number of benzene rings is 1. The van der Waals surface area contributed by atoms with Gasteiger partial charge in [0, 0.05) is 11.6 Å². The largest absolute Gasteiger partial charge is 0.502 e. The van der Waals surface area contributed by atoms with Gasteiger partial charge in [0.05, 0.1) is 17.6 Å². The van der Waals surface area contributed by atoms with Crippen LogP contribution in [0, 0.1) is 10.1 Å². The van der Waals surface area contributed by atoms with E-state index in [0.29, 0.717) is 5.56 Å². The molecule has 1 aliphatic heterocycles. The summed E-state index contributed by atoms with van der Waals surface area (Å²) in [5.74, 6) is -2.13. The minimum atomic E-state index is -1.11. The van der Waals surface area contributed by atoms with Crippen molar-refractivity contribution in [1.29, 1.82) is 0 Å². The van der Waals surface area contributed by atoms with Crippen molar-refractivity contribution in [2.24, 2.45) is 10.2 Å². The summed E-state index contributed by atoms with van der Waals surface area (Å²) in [5, 5.41) is 39.3. The van der Waals surface area contributed by atoms with Gasteiger partial charge in [-0.15, -0.1) is 5.10 Å². The molecular weight excluding hydrogens is 376 g/mol. The van der Waals surface area contributed by atoms with Crippen LogP contribution in [-0.2, 0) is 15.0 Å². The molecule has 1 atom stereocenters. The van der Waals surface area contributed by atoms with E-state index in [1.54, 1.807) is 6.07 Å². The van der Waals surface area contributed by atoms with E-state index in [1.165, 1.54) is 6.07 Å². The molecule has 0 bridgehead atoms. The zero-order chi connectivity index (χ0) is 20.4. The van der Waals surface area contributed by atoms with Crippen molar-refractivity contribution in [2.45, 2.75) is 37.9 Å². The quantitative estimate of drug-likeness (QED) is 0.392. The Kier molecular flexibility index (Phi) is 5.84. The Morgan fingerprint density at radius 3 is 2.67 bits per heavy atom. The lowest BCUT2D eigenvalue weighted by molar-refractivity contribution is -0.386. The highest BCUT2D eigenvalue weighted by molar-refractivity contribution is 8.15. The van der Waals surface area contributed by atoms with Crippen LogP contribution in [0.15, 0.2) is 22.3 Å². The van der Waals surface area contributed by atoms with Crippen LogP contribution in [0.4, 0.5) is 5.69 Å². The monoisotopic (exact) mass is 394 g/mol. The van der Waals surface area contributed by atoms with Gasteiger partial charge in [-0.25, -0.2) is 0 Å². The van der Waals surface area contributed by atoms with Crippen molar-refractivity contribution < 1.29 is 24.7 Å². The highest BCUT2D eigenvalue weighted by Crippen LogP contribution is 2.35. The standard InChI is InChI=1S/C16H18N4O6S/c1-16(2,3)9-4-8(13(23)10(5-9)20(25)26)7-17-19-15-18-14(24)11(27-15)6-12(21)22/h4-5,7,11,23H,6H2,1-3H3,(H,21,22)(H,18,19,24). The number of hydrogen-bond donors (Lipinski definition) is 3. The highest BCUT2D eigenvalue weighted by atomic mass is 32.2. The second kappa shape index (κ2) is 7.74. The first-order valence-electron chi connectivity index (χ1n) is 7.81. The number of phenolic OH excluding ortho intramolecular Hbond substituents is 1. The van der Waals surface area contributed by atoms with Crippen molar-refractivity contribution in [3.63, 3.8) is 0 Å². The summed E-state index contributed by atoms with van der Waals surface area (Å²) in [6.07, 6.45) is 0.793. The molecule has 11 heteroatoms. The number of phenols is 1. The number of carbonyl (C=O) groups is 2. The molecule has 0 spiro atoms. The fourth-order valence-electron chi connectivity index (χ4n) is 2.20. The third-order valence-corrected chi connectivity index (χ3v) is 4.74. The van der Waals surface area contributed by atoms with Gasteiger partial charge < -0.3 is 15.5 Å². The van der Waals surface area contributed by atoms with Crippen LogP contribution in [0.1, 0.15) is 38.3 Å². The molecule has 0 aliphatic carbocycles. The lowest BCUT2D eigenvalue weighted by Gasteiger charge is -2.19. The van der Waals surface area contributed by atoms with E-state index in [0.717, 1.165) is 18.0 Å². The van der Waals surface area contributed by atoms with Crippen LogP contribution < -0.4 is 5.32 Å². The van der Waals surface area contributed by atoms with Gasteiger partial charge in [0.25, 0.3) is 0 Å². The Morgan fingerprint density at radius 1 is 1.44 bits per heavy atom.